The van der Waals surface area contributed by atoms with E-state index in [-0.39, 0.29) is 17.9 Å². The number of rotatable bonds is 3. The Morgan fingerprint density at radius 1 is 1.21 bits per heavy atom. The number of nitrogens with one attached hydrogen (secondary N) is 1. The van der Waals surface area contributed by atoms with Crippen molar-refractivity contribution in [3.05, 3.63) is 17.8 Å². The first-order valence-electron chi connectivity index (χ1n) is 8.62. The molecule has 2 aromatic rings. The molecule has 0 unspecified atom stereocenters. The quantitative estimate of drug-likeness (QED) is 0.923. The Hall–Kier alpha value is -1.73. The van der Waals surface area contributed by atoms with Crippen molar-refractivity contribution < 1.29 is 9.53 Å². The fraction of sp³-hybridized carbons (Fsp3) is 0.588. The highest BCUT2D eigenvalue weighted by Gasteiger charge is 2.28. The third-order valence-electron chi connectivity index (χ3n) is 4.97. The SMILES string of the molecule is O=C(NC1CCOCC1)C1CCN(c2ncnc3sccc23)CC1. The molecule has 0 atom stereocenters. The Morgan fingerprint density at radius 2 is 2.00 bits per heavy atom. The van der Waals surface area contributed by atoms with Crippen LogP contribution < -0.4 is 10.2 Å². The van der Waals surface area contributed by atoms with E-state index in [9.17, 15) is 4.79 Å². The second-order valence-corrected chi connectivity index (χ2v) is 7.39. The minimum Gasteiger partial charge on any atom is -0.381 e. The first kappa shape index (κ1) is 15.8. The van der Waals surface area contributed by atoms with Crippen molar-refractivity contribution in [3.63, 3.8) is 0 Å². The molecular weight excluding hydrogens is 324 g/mol. The summed E-state index contributed by atoms with van der Waals surface area (Å²) in [6, 6.07) is 2.37. The zero-order chi connectivity index (χ0) is 16.4. The maximum Gasteiger partial charge on any atom is 0.223 e. The van der Waals surface area contributed by atoms with Gasteiger partial charge in [0.25, 0.3) is 0 Å². The van der Waals surface area contributed by atoms with Crippen molar-refractivity contribution in [3.8, 4) is 0 Å². The van der Waals surface area contributed by atoms with Gasteiger partial charge >= 0.3 is 0 Å². The molecule has 1 N–H and O–H groups in total. The van der Waals surface area contributed by atoms with Gasteiger partial charge in [-0.2, -0.15) is 0 Å². The third-order valence-corrected chi connectivity index (χ3v) is 5.79. The summed E-state index contributed by atoms with van der Waals surface area (Å²) in [4.78, 5) is 24.6. The van der Waals surface area contributed by atoms with Gasteiger partial charge in [-0.15, -0.1) is 11.3 Å². The van der Waals surface area contributed by atoms with E-state index < -0.39 is 0 Å². The molecule has 1 amide bonds. The lowest BCUT2D eigenvalue weighted by atomic mass is 9.95. The highest BCUT2D eigenvalue weighted by molar-refractivity contribution is 7.16. The van der Waals surface area contributed by atoms with Crippen LogP contribution in [-0.2, 0) is 9.53 Å². The highest BCUT2D eigenvalue weighted by Crippen LogP contribution is 2.29. The van der Waals surface area contributed by atoms with Gasteiger partial charge in [0.1, 0.15) is 17.0 Å². The van der Waals surface area contributed by atoms with Crippen molar-refractivity contribution in [1.29, 1.82) is 0 Å². The minimum atomic E-state index is 0.115. The predicted octanol–water partition coefficient (Wildman–Crippen LogP) is 2.20. The van der Waals surface area contributed by atoms with Crippen LogP contribution in [0.3, 0.4) is 0 Å². The van der Waals surface area contributed by atoms with Crippen molar-refractivity contribution in [2.45, 2.75) is 31.7 Å². The average Bonchev–Trinajstić information content (AvgIpc) is 3.11. The van der Waals surface area contributed by atoms with Crippen LogP contribution in [0.1, 0.15) is 25.7 Å². The minimum absolute atomic E-state index is 0.115. The Balaban J connectivity index is 1.36. The number of ether oxygens (including phenoxy) is 1. The smallest absolute Gasteiger partial charge is 0.223 e. The molecule has 128 valence electrons. The molecule has 2 fully saturated rings. The Morgan fingerprint density at radius 3 is 2.79 bits per heavy atom. The number of hydrogen-bond donors (Lipinski definition) is 1. The van der Waals surface area contributed by atoms with Crippen molar-refractivity contribution >= 4 is 33.3 Å². The van der Waals surface area contributed by atoms with E-state index in [1.807, 2.05) is 0 Å². The Bertz CT molecular complexity index is 705. The Kier molecular flexibility index (Phi) is 4.62. The fourth-order valence-electron chi connectivity index (χ4n) is 3.54. The normalized spacial score (nSPS) is 20.4. The summed E-state index contributed by atoms with van der Waals surface area (Å²) in [5, 5.41) is 6.38. The first-order valence-corrected chi connectivity index (χ1v) is 9.50. The second-order valence-electron chi connectivity index (χ2n) is 6.49. The number of nitrogens with zero attached hydrogens (tertiary/aromatic N) is 3. The number of carbonyl (C=O) groups excluding carboxylic acids is 1. The molecule has 2 aliphatic rings. The molecule has 4 rings (SSSR count). The summed E-state index contributed by atoms with van der Waals surface area (Å²) in [6.45, 7) is 3.25. The lowest BCUT2D eigenvalue weighted by molar-refractivity contribution is -0.126. The maximum atomic E-state index is 12.5. The number of amides is 1. The van der Waals surface area contributed by atoms with Gasteiger partial charge in [0.15, 0.2) is 0 Å². The van der Waals surface area contributed by atoms with Crippen LogP contribution in [0.25, 0.3) is 10.2 Å². The number of hydrogen-bond acceptors (Lipinski definition) is 6. The first-order chi connectivity index (χ1) is 11.8. The molecule has 0 radical (unpaired) electrons. The molecule has 4 heterocycles. The number of fused-ring (bicyclic) bond motifs is 1. The van der Waals surface area contributed by atoms with Crippen LogP contribution in [-0.4, -0.2) is 48.2 Å². The molecule has 0 aliphatic carbocycles. The van der Waals surface area contributed by atoms with E-state index in [0.29, 0.717) is 0 Å². The molecule has 0 saturated carbocycles. The van der Waals surface area contributed by atoms with Gasteiger partial charge in [0.05, 0.1) is 5.39 Å². The number of thiophene rings is 1. The standard InChI is InChI=1S/C17H22N4O2S/c22-16(20-13-3-8-23-9-4-13)12-1-6-21(7-2-12)15-14-5-10-24-17(14)19-11-18-15/h5,10-13H,1-4,6-9H2,(H,20,22). The summed E-state index contributed by atoms with van der Waals surface area (Å²) in [5.41, 5.74) is 0. The predicted molar refractivity (Wildman–Crippen MR) is 94.3 cm³/mol. The fourth-order valence-corrected chi connectivity index (χ4v) is 4.27. The van der Waals surface area contributed by atoms with Gasteiger partial charge in [0, 0.05) is 38.3 Å². The monoisotopic (exact) mass is 346 g/mol. The summed E-state index contributed by atoms with van der Waals surface area (Å²) < 4.78 is 5.35. The second kappa shape index (κ2) is 7.03. The van der Waals surface area contributed by atoms with Crippen molar-refractivity contribution in [1.82, 2.24) is 15.3 Å². The number of aromatic nitrogens is 2. The number of piperidine rings is 1. The molecule has 0 spiro atoms. The zero-order valence-corrected chi connectivity index (χ0v) is 14.4. The zero-order valence-electron chi connectivity index (χ0n) is 13.6. The van der Waals surface area contributed by atoms with Gasteiger partial charge in [0.2, 0.25) is 5.91 Å². The van der Waals surface area contributed by atoms with Gasteiger partial charge in [-0.1, -0.05) is 0 Å². The van der Waals surface area contributed by atoms with E-state index >= 15 is 0 Å². The summed E-state index contributed by atoms with van der Waals surface area (Å²) >= 11 is 1.64. The van der Waals surface area contributed by atoms with Gasteiger partial charge in [-0.3, -0.25) is 4.79 Å². The molecule has 0 aromatic carbocycles. The van der Waals surface area contributed by atoms with Crippen LogP contribution in [0.5, 0.6) is 0 Å². The summed E-state index contributed by atoms with van der Waals surface area (Å²) in [6.07, 6.45) is 5.26. The third kappa shape index (κ3) is 3.23. The summed E-state index contributed by atoms with van der Waals surface area (Å²) in [5.74, 6) is 1.33. The lowest BCUT2D eigenvalue weighted by Crippen LogP contribution is -2.45. The van der Waals surface area contributed by atoms with Crippen LogP contribution in [0.15, 0.2) is 17.8 Å². The van der Waals surface area contributed by atoms with E-state index in [1.54, 1.807) is 17.7 Å². The van der Waals surface area contributed by atoms with Crippen LogP contribution in [0.4, 0.5) is 5.82 Å². The highest BCUT2D eigenvalue weighted by atomic mass is 32.1. The molecule has 6 nitrogen and oxygen atoms in total. The van der Waals surface area contributed by atoms with E-state index in [4.69, 9.17) is 4.74 Å². The average molecular weight is 346 g/mol. The van der Waals surface area contributed by atoms with E-state index in [2.05, 4.69) is 31.6 Å². The molecule has 0 bridgehead atoms. The maximum absolute atomic E-state index is 12.5. The molecule has 2 aromatic heterocycles. The Labute approximate surface area is 145 Å². The van der Waals surface area contributed by atoms with Crippen LogP contribution >= 0.6 is 11.3 Å². The van der Waals surface area contributed by atoms with Crippen molar-refractivity contribution in [2.24, 2.45) is 5.92 Å². The molecule has 24 heavy (non-hydrogen) atoms. The molecule has 2 saturated heterocycles. The molecule has 7 heteroatoms. The van der Waals surface area contributed by atoms with Crippen LogP contribution in [0, 0.1) is 5.92 Å². The van der Waals surface area contributed by atoms with E-state index in [0.717, 1.165) is 68.0 Å². The topological polar surface area (TPSA) is 67.3 Å². The largest absolute Gasteiger partial charge is 0.381 e. The van der Waals surface area contributed by atoms with Gasteiger partial charge in [-0.05, 0) is 37.1 Å². The van der Waals surface area contributed by atoms with Gasteiger partial charge < -0.3 is 15.0 Å². The number of carbonyl (C=O) groups is 1. The van der Waals surface area contributed by atoms with Crippen LogP contribution in [0.2, 0.25) is 0 Å². The summed E-state index contributed by atoms with van der Waals surface area (Å²) in [7, 11) is 0. The van der Waals surface area contributed by atoms with Crippen molar-refractivity contribution in [2.75, 3.05) is 31.2 Å². The number of anilines is 1. The molecule has 2 aliphatic heterocycles. The molecular formula is C17H22N4O2S. The lowest BCUT2D eigenvalue weighted by Gasteiger charge is -2.33. The van der Waals surface area contributed by atoms with E-state index in [1.165, 1.54) is 0 Å². The van der Waals surface area contributed by atoms with Gasteiger partial charge in [-0.25, -0.2) is 9.97 Å².